The van der Waals surface area contributed by atoms with Crippen molar-refractivity contribution in [2.75, 3.05) is 13.2 Å². The van der Waals surface area contributed by atoms with Crippen LogP contribution in [-0.2, 0) is 16.1 Å². The number of hydrogen-bond donors (Lipinski definition) is 1. The Bertz CT molecular complexity index is 1070. The van der Waals surface area contributed by atoms with Gasteiger partial charge in [0.15, 0.2) is 5.78 Å². The van der Waals surface area contributed by atoms with Gasteiger partial charge in [0.25, 0.3) is 5.56 Å². The summed E-state index contributed by atoms with van der Waals surface area (Å²) in [6.07, 6.45) is 2.20. The van der Waals surface area contributed by atoms with Crippen molar-refractivity contribution in [3.05, 3.63) is 53.1 Å². The standard InChI is InChI=1S/C21H22N4O5/c1-2-8-30-21(29)25-7-3-4-19(27)18(25)10-15(26)12-24-13-23-17-6-5-14(11-22)9-16(17)20(24)28/h2,5-6,9,13,18-19,27H,1,3-4,7-8,10,12H2. The van der Waals surface area contributed by atoms with Crippen LogP contribution in [0, 0.1) is 11.3 Å². The van der Waals surface area contributed by atoms with Crippen molar-refractivity contribution in [1.29, 1.82) is 5.26 Å². The fourth-order valence-corrected chi connectivity index (χ4v) is 3.55. The molecule has 1 fully saturated rings. The Balaban J connectivity index is 1.77. The number of aromatic nitrogens is 2. The molecule has 1 aliphatic rings. The molecule has 9 heteroatoms. The summed E-state index contributed by atoms with van der Waals surface area (Å²) < 4.78 is 6.22. The Morgan fingerprint density at radius 2 is 2.23 bits per heavy atom. The van der Waals surface area contributed by atoms with Crippen LogP contribution in [0.25, 0.3) is 10.9 Å². The number of ether oxygens (including phenoxy) is 1. The highest BCUT2D eigenvalue weighted by Crippen LogP contribution is 2.22. The van der Waals surface area contributed by atoms with Crippen molar-refractivity contribution < 1.29 is 19.4 Å². The van der Waals surface area contributed by atoms with E-state index in [1.165, 1.54) is 27.9 Å². The molecule has 1 aromatic carbocycles. The van der Waals surface area contributed by atoms with E-state index in [4.69, 9.17) is 10.00 Å². The molecule has 1 amide bonds. The summed E-state index contributed by atoms with van der Waals surface area (Å²) in [5.41, 5.74) is 0.322. The topological polar surface area (TPSA) is 126 Å². The van der Waals surface area contributed by atoms with Crippen molar-refractivity contribution >= 4 is 22.8 Å². The average molecular weight is 410 g/mol. The first-order valence-electron chi connectivity index (χ1n) is 9.58. The number of rotatable bonds is 6. The van der Waals surface area contributed by atoms with Gasteiger partial charge in [-0.25, -0.2) is 9.78 Å². The molecule has 2 atom stereocenters. The van der Waals surface area contributed by atoms with Gasteiger partial charge in [-0.15, -0.1) is 0 Å². The number of fused-ring (bicyclic) bond motifs is 1. The van der Waals surface area contributed by atoms with Crippen LogP contribution in [0.3, 0.4) is 0 Å². The average Bonchev–Trinajstić information content (AvgIpc) is 2.75. The highest BCUT2D eigenvalue weighted by atomic mass is 16.6. The fourth-order valence-electron chi connectivity index (χ4n) is 3.55. The third-order valence-electron chi connectivity index (χ3n) is 5.04. The maximum Gasteiger partial charge on any atom is 0.410 e. The van der Waals surface area contributed by atoms with Gasteiger partial charge in [0.1, 0.15) is 6.61 Å². The molecule has 2 heterocycles. The Labute approximate surface area is 172 Å². The zero-order valence-corrected chi connectivity index (χ0v) is 16.4. The van der Waals surface area contributed by atoms with Crippen LogP contribution in [0.1, 0.15) is 24.8 Å². The largest absolute Gasteiger partial charge is 0.445 e. The highest BCUT2D eigenvalue weighted by Gasteiger charge is 2.35. The second-order valence-electron chi connectivity index (χ2n) is 7.10. The summed E-state index contributed by atoms with van der Waals surface area (Å²) in [6.45, 7) is 3.65. The third-order valence-corrected chi connectivity index (χ3v) is 5.04. The summed E-state index contributed by atoms with van der Waals surface area (Å²) in [6, 6.07) is 5.82. The molecule has 2 aromatic rings. The molecule has 1 N–H and O–H groups in total. The smallest absolute Gasteiger partial charge is 0.410 e. The van der Waals surface area contributed by atoms with Crippen LogP contribution in [-0.4, -0.2) is 56.7 Å². The second-order valence-corrected chi connectivity index (χ2v) is 7.10. The molecule has 9 nitrogen and oxygen atoms in total. The molecule has 156 valence electrons. The van der Waals surface area contributed by atoms with E-state index < -0.39 is 23.8 Å². The molecule has 2 unspecified atom stereocenters. The fraction of sp³-hybridized carbons (Fsp3) is 0.381. The molecule has 0 saturated carbocycles. The number of aliphatic hydroxyl groups is 1. The SMILES string of the molecule is C=CCOC(=O)N1CCCC(O)C1CC(=O)Cn1cnc2ccc(C#N)cc2c1=O. The molecule has 0 bridgehead atoms. The lowest BCUT2D eigenvalue weighted by atomic mass is 9.95. The molecular weight excluding hydrogens is 388 g/mol. The Kier molecular flexibility index (Phi) is 6.59. The molecule has 0 radical (unpaired) electrons. The third kappa shape index (κ3) is 4.55. The van der Waals surface area contributed by atoms with Crippen LogP contribution in [0.15, 0.2) is 42.0 Å². The lowest BCUT2D eigenvalue weighted by molar-refractivity contribution is -0.122. The van der Waals surface area contributed by atoms with E-state index in [1.807, 2.05) is 6.07 Å². The number of hydrogen-bond acceptors (Lipinski definition) is 7. The van der Waals surface area contributed by atoms with Crippen LogP contribution >= 0.6 is 0 Å². The van der Waals surface area contributed by atoms with E-state index >= 15 is 0 Å². The zero-order valence-electron chi connectivity index (χ0n) is 16.4. The molecule has 1 aliphatic heterocycles. The van der Waals surface area contributed by atoms with E-state index in [2.05, 4.69) is 11.6 Å². The number of piperidine rings is 1. The lowest BCUT2D eigenvalue weighted by Crippen LogP contribution is -2.52. The van der Waals surface area contributed by atoms with Gasteiger partial charge in [-0.3, -0.25) is 14.2 Å². The van der Waals surface area contributed by atoms with Crippen LogP contribution < -0.4 is 5.56 Å². The number of amides is 1. The molecule has 0 spiro atoms. The predicted molar refractivity (Wildman–Crippen MR) is 108 cm³/mol. The number of nitrogens with zero attached hydrogens (tertiary/aromatic N) is 4. The normalized spacial score (nSPS) is 18.6. The second kappa shape index (κ2) is 9.33. The van der Waals surface area contributed by atoms with Crippen molar-refractivity contribution in [2.24, 2.45) is 0 Å². The summed E-state index contributed by atoms with van der Waals surface area (Å²) in [7, 11) is 0. The molecule has 1 saturated heterocycles. The molecule has 3 rings (SSSR count). The maximum absolute atomic E-state index is 12.7. The van der Waals surface area contributed by atoms with Gasteiger partial charge in [-0.1, -0.05) is 12.7 Å². The van der Waals surface area contributed by atoms with Crippen LogP contribution in [0.4, 0.5) is 4.79 Å². The minimum absolute atomic E-state index is 0.0366. The Morgan fingerprint density at radius 3 is 2.97 bits per heavy atom. The molecule has 30 heavy (non-hydrogen) atoms. The Hall–Kier alpha value is -3.51. The van der Waals surface area contributed by atoms with E-state index in [-0.39, 0.29) is 30.7 Å². The Morgan fingerprint density at radius 1 is 1.43 bits per heavy atom. The van der Waals surface area contributed by atoms with Gasteiger partial charge < -0.3 is 14.7 Å². The van der Waals surface area contributed by atoms with E-state index in [1.54, 1.807) is 12.1 Å². The maximum atomic E-state index is 12.7. The van der Waals surface area contributed by atoms with Crippen molar-refractivity contribution in [3.8, 4) is 6.07 Å². The molecule has 1 aromatic heterocycles. The van der Waals surface area contributed by atoms with Gasteiger partial charge in [-0.05, 0) is 31.0 Å². The number of aliphatic hydroxyl groups excluding tert-OH is 1. The van der Waals surface area contributed by atoms with Crippen molar-refractivity contribution in [1.82, 2.24) is 14.5 Å². The quantitative estimate of drug-likeness (QED) is 0.713. The summed E-state index contributed by atoms with van der Waals surface area (Å²) >= 11 is 0. The number of Topliss-reactive ketones (excluding diaryl/α,β-unsaturated/α-hetero) is 1. The first kappa shape index (κ1) is 21.2. The first-order chi connectivity index (χ1) is 14.4. The number of carbonyl (C=O) groups excluding carboxylic acids is 2. The summed E-state index contributed by atoms with van der Waals surface area (Å²) in [5.74, 6) is -0.331. The highest BCUT2D eigenvalue weighted by molar-refractivity contribution is 5.81. The number of carbonyl (C=O) groups is 2. The zero-order chi connectivity index (χ0) is 21.7. The van der Waals surface area contributed by atoms with E-state index in [0.29, 0.717) is 30.5 Å². The van der Waals surface area contributed by atoms with Gasteiger partial charge in [0.2, 0.25) is 0 Å². The van der Waals surface area contributed by atoms with Crippen molar-refractivity contribution in [3.63, 3.8) is 0 Å². The van der Waals surface area contributed by atoms with Gasteiger partial charge in [0, 0.05) is 13.0 Å². The summed E-state index contributed by atoms with van der Waals surface area (Å²) in [5, 5.41) is 19.6. The van der Waals surface area contributed by atoms with E-state index in [9.17, 15) is 19.5 Å². The van der Waals surface area contributed by atoms with Gasteiger partial charge >= 0.3 is 6.09 Å². The number of benzene rings is 1. The number of nitriles is 1. The number of ketones is 1. The van der Waals surface area contributed by atoms with Crippen LogP contribution in [0.2, 0.25) is 0 Å². The van der Waals surface area contributed by atoms with Crippen molar-refractivity contribution in [2.45, 2.75) is 38.0 Å². The first-order valence-corrected chi connectivity index (χ1v) is 9.58. The molecule has 0 aliphatic carbocycles. The minimum Gasteiger partial charge on any atom is -0.445 e. The van der Waals surface area contributed by atoms with E-state index in [0.717, 1.165) is 0 Å². The lowest BCUT2D eigenvalue weighted by Gasteiger charge is -2.37. The monoisotopic (exact) mass is 410 g/mol. The summed E-state index contributed by atoms with van der Waals surface area (Å²) in [4.78, 5) is 43.2. The predicted octanol–water partition coefficient (Wildman–Crippen LogP) is 1.38. The van der Waals surface area contributed by atoms with Gasteiger partial charge in [0.05, 0.1) is 47.6 Å². The minimum atomic E-state index is -0.858. The van der Waals surface area contributed by atoms with Crippen LogP contribution in [0.5, 0.6) is 0 Å². The molecular formula is C21H22N4O5. The number of likely N-dealkylation sites (tertiary alicyclic amines) is 1. The van der Waals surface area contributed by atoms with Gasteiger partial charge in [-0.2, -0.15) is 5.26 Å².